The van der Waals surface area contributed by atoms with Crippen LogP contribution in [0.3, 0.4) is 0 Å². The van der Waals surface area contributed by atoms with Gasteiger partial charge in [0.1, 0.15) is 5.82 Å². The first kappa shape index (κ1) is 16.7. The summed E-state index contributed by atoms with van der Waals surface area (Å²) < 4.78 is 0. The van der Waals surface area contributed by atoms with Crippen molar-refractivity contribution in [3.63, 3.8) is 0 Å². The van der Waals surface area contributed by atoms with Gasteiger partial charge >= 0.3 is 0 Å². The van der Waals surface area contributed by atoms with Crippen molar-refractivity contribution in [2.45, 2.75) is 6.04 Å². The van der Waals surface area contributed by atoms with Gasteiger partial charge in [-0.25, -0.2) is 4.98 Å². The zero-order chi connectivity index (χ0) is 17.1. The van der Waals surface area contributed by atoms with Crippen LogP contribution < -0.4 is 10.2 Å². The van der Waals surface area contributed by atoms with E-state index in [2.05, 4.69) is 10.3 Å². The molecule has 0 radical (unpaired) electrons. The van der Waals surface area contributed by atoms with Crippen LogP contribution in [0, 0.1) is 0 Å². The van der Waals surface area contributed by atoms with Gasteiger partial charge in [0.05, 0.1) is 11.6 Å². The lowest BCUT2D eigenvalue weighted by atomic mass is 10.0. The van der Waals surface area contributed by atoms with Gasteiger partial charge in [0.15, 0.2) is 0 Å². The van der Waals surface area contributed by atoms with Crippen molar-refractivity contribution in [3.05, 3.63) is 58.7 Å². The van der Waals surface area contributed by atoms with E-state index in [-0.39, 0.29) is 11.9 Å². The number of carbonyl (C=O) groups is 1. The summed E-state index contributed by atoms with van der Waals surface area (Å²) >= 11 is 6.35. The number of nitrogens with zero attached hydrogens (tertiary/aromatic N) is 3. The molecule has 24 heavy (non-hydrogen) atoms. The molecule has 5 nitrogen and oxygen atoms in total. The molecule has 0 bridgehead atoms. The lowest BCUT2D eigenvalue weighted by molar-refractivity contribution is 0.0634. The van der Waals surface area contributed by atoms with Gasteiger partial charge in [-0.05, 0) is 23.8 Å². The van der Waals surface area contributed by atoms with E-state index in [1.807, 2.05) is 60.3 Å². The van der Waals surface area contributed by atoms with E-state index >= 15 is 0 Å². The van der Waals surface area contributed by atoms with E-state index in [4.69, 9.17) is 11.6 Å². The standard InChI is InChI=1S/C18H21ClN4O/c1-22(2)17-8-7-13(11-21-17)18(24)23-10-9-20-12-16(23)14-5-3-4-6-15(14)19/h3-8,11,16,20H,9-10,12H2,1-2H3. The lowest BCUT2D eigenvalue weighted by Crippen LogP contribution is -2.48. The molecule has 1 N–H and O–H groups in total. The Morgan fingerprint density at radius 3 is 2.75 bits per heavy atom. The number of benzene rings is 1. The molecule has 0 aliphatic carbocycles. The Labute approximate surface area is 147 Å². The highest BCUT2D eigenvalue weighted by molar-refractivity contribution is 6.31. The van der Waals surface area contributed by atoms with Crippen molar-refractivity contribution in [2.24, 2.45) is 0 Å². The van der Waals surface area contributed by atoms with Gasteiger partial charge in [-0.3, -0.25) is 4.79 Å². The first-order valence-electron chi connectivity index (χ1n) is 7.97. The van der Waals surface area contributed by atoms with Crippen LogP contribution in [-0.2, 0) is 0 Å². The minimum atomic E-state index is -0.0755. The Bertz CT molecular complexity index is 717. The highest BCUT2D eigenvalue weighted by Gasteiger charge is 2.29. The molecule has 1 fully saturated rings. The molecule has 0 spiro atoms. The Morgan fingerprint density at radius 1 is 1.29 bits per heavy atom. The van der Waals surface area contributed by atoms with E-state index < -0.39 is 0 Å². The van der Waals surface area contributed by atoms with Crippen molar-refractivity contribution in [1.29, 1.82) is 0 Å². The smallest absolute Gasteiger partial charge is 0.256 e. The van der Waals surface area contributed by atoms with Crippen LogP contribution >= 0.6 is 11.6 Å². The quantitative estimate of drug-likeness (QED) is 0.929. The number of carbonyl (C=O) groups excluding carboxylic acids is 1. The SMILES string of the molecule is CN(C)c1ccc(C(=O)N2CCNCC2c2ccccc2Cl)cn1. The number of amides is 1. The van der Waals surface area contributed by atoms with Gasteiger partial charge in [-0.2, -0.15) is 0 Å². The molecule has 3 rings (SSSR count). The fraction of sp³-hybridized carbons (Fsp3) is 0.333. The molecule has 1 aliphatic rings. The number of nitrogens with one attached hydrogen (secondary N) is 1. The summed E-state index contributed by atoms with van der Waals surface area (Å²) in [6, 6.07) is 11.3. The first-order chi connectivity index (χ1) is 11.6. The van der Waals surface area contributed by atoms with Crippen molar-refractivity contribution in [3.8, 4) is 0 Å². The van der Waals surface area contributed by atoms with Crippen LogP contribution in [0.5, 0.6) is 0 Å². The Morgan fingerprint density at radius 2 is 2.08 bits per heavy atom. The van der Waals surface area contributed by atoms with E-state index in [0.717, 1.165) is 17.9 Å². The maximum atomic E-state index is 13.0. The molecular weight excluding hydrogens is 324 g/mol. The number of anilines is 1. The molecule has 2 heterocycles. The maximum absolute atomic E-state index is 13.0. The molecule has 1 aromatic heterocycles. The second-order valence-corrected chi connectivity index (χ2v) is 6.45. The van der Waals surface area contributed by atoms with Gasteiger partial charge in [-0.15, -0.1) is 0 Å². The summed E-state index contributed by atoms with van der Waals surface area (Å²) in [6.07, 6.45) is 1.64. The molecule has 1 unspecified atom stereocenters. The summed E-state index contributed by atoms with van der Waals surface area (Å²) in [6.45, 7) is 2.11. The molecule has 1 aromatic carbocycles. The number of halogens is 1. The minimum absolute atomic E-state index is 0.0146. The van der Waals surface area contributed by atoms with Crippen LogP contribution in [0.25, 0.3) is 0 Å². The predicted octanol–water partition coefficient (Wildman–Crippen LogP) is 2.59. The maximum Gasteiger partial charge on any atom is 0.256 e. The van der Waals surface area contributed by atoms with Crippen LogP contribution in [0.4, 0.5) is 5.82 Å². The molecule has 0 saturated carbocycles. The second-order valence-electron chi connectivity index (χ2n) is 6.04. The van der Waals surface area contributed by atoms with Gasteiger partial charge in [0.25, 0.3) is 5.91 Å². The third kappa shape index (κ3) is 3.37. The highest BCUT2D eigenvalue weighted by atomic mass is 35.5. The third-order valence-corrected chi connectivity index (χ3v) is 4.57. The van der Waals surface area contributed by atoms with Gasteiger partial charge < -0.3 is 15.1 Å². The molecule has 1 aliphatic heterocycles. The highest BCUT2D eigenvalue weighted by Crippen LogP contribution is 2.29. The fourth-order valence-electron chi connectivity index (χ4n) is 2.91. The van der Waals surface area contributed by atoms with Crippen LogP contribution in [0.15, 0.2) is 42.6 Å². The largest absolute Gasteiger partial charge is 0.363 e. The van der Waals surface area contributed by atoms with E-state index in [1.54, 1.807) is 6.20 Å². The molecular formula is C18H21ClN4O. The van der Waals surface area contributed by atoms with E-state index in [0.29, 0.717) is 23.7 Å². The predicted molar refractivity (Wildman–Crippen MR) is 96.7 cm³/mol. The number of pyridine rings is 1. The zero-order valence-electron chi connectivity index (χ0n) is 13.9. The van der Waals surface area contributed by atoms with Crippen LogP contribution in [0.2, 0.25) is 5.02 Å². The number of piperazine rings is 1. The Kier molecular flexibility index (Phi) is 5.02. The van der Waals surface area contributed by atoms with Crippen molar-refractivity contribution in [1.82, 2.24) is 15.2 Å². The first-order valence-corrected chi connectivity index (χ1v) is 8.35. The zero-order valence-corrected chi connectivity index (χ0v) is 14.6. The molecule has 1 amide bonds. The van der Waals surface area contributed by atoms with Gasteiger partial charge in [0.2, 0.25) is 0 Å². The third-order valence-electron chi connectivity index (χ3n) is 4.22. The van der Waals surface area contributed by atoms with Crippen molar-refractivity contribution < 1.29 is 4.79 Å². The monoisotopic (exact) mass is 344 g/mol. The van der Waals surface area contributed by atoms with Gasteiger partial charge in [-0.1, -0.05) is 29.8 Å². The van der Waals surface area contributed by atoms with E-state index in [9.17, 15) is 4.79 Å². The average molecular weight is 345 g/mol. The topological polar surface area (TPSA) is 48.5 Å². The number of hydrogen-bond donors (Lipinski definition) is 1. The van der Waals surface area contributed by atoms with Crippen LogP contribution in [-0.4, -0.2) is 49.5 Å². The summed E-state index contributed by atoms with van der Waals surface area (Å²) in [5.41, 5.74) is 1.57. The summed E-state index contributed by atoms with van der Waals surface area (Å²) in [7, 11) is 3.85. The number of aromatic nitrogens is 1. The molecule has 1 atom stereocenters. The van der Waals surface area contributed by atoms with Crippen molar-refractivity contribution in [2.75, 3.05) is 38.6 Å². The summed E-state index contributed by atoms with van der Waals surface area (Å²) in [5, 5.41) is 4.03. The molecule has 126 valence electrons. The summed E-state index contributed by atoms with van der Waals surface area (Å²) in [4.78, 5) is 21.1. The summed E-state index contributed by atoms with van der Waals surface area (Å²) in [5.74, 6) is 0.814. The lowest BCUT2D eigenvalue weighted by Gasteiger charge is -2.37. The molecule has 6 heteroatoms. The second kappa shape index (κ2) is 7.20. The Hall–Kier alpha value is -2.11. The van der Waals surface area contributed by atoms with E-state index in [1.165, 1.54) is 0 Å². The molecule has 1 saturated heterocycles. The number of hydrogen-bond acceptors (Lipinski definition) is 4. The Balaban J connectivity index is 1.87. The number of rotatable bonds is 3. The fourth-order valence-corrected chi connectivity index (χ4v) is 3.18. The van der Waals surface area contributed by atoms with Crippen LogP contribution in [0.1, 0.15) is 22.0 Å². The normalized spacial score (nSPS) is 17.6. The van der Waals surface area contributed by atoms with Gasteiger partial charge in [0, 0.05) is 44.9 Å². The van der Waals surface area contributed by atoms with Crippen molar-refractivity contribution >= 4 is 23.3 Å². The minimum Gasteiger partial charge on any atom is -0.363 e. The average Bonchev–Trinajstić information content (AvgIpc) is 2.62. The molecule has 2 aromatic rings.